The number of nitrogens with zero attached hydrogens (tertiary/aromatic N) is 5. The first-order chi connectivity index (χ1) is 14.2. The zero-order chi connectivity index (χ0) is 20.2. The van der Waals surface area contributed by atoms with Gasteiger partial charge in [0.1, 0.15) is 17.0 Å². The summed E-state index contributed by atoms with van der Waals surface area (Å²) in [6.45, 7) is 5.38. The van der Waals surface area contributed by atoms with Crippen LogP contribution in [0.1, 0.15) is 30.0 Å². The Labute approximate surface area is 172 Å². The van der Waals surface area contributed by atoms with Crippen LogP contribution in [0.3, 0.4) is 0 Å². The van der Waals surface area contributed by atoms with Gasteiger partial charge in [0, 0.05) is 18.9 Å². The van der Waals surface area contributed by atoms with Crippen molar-refractivity contribution >= 4 is 32.6 Å². The second-order valence-corrected chi connectivity index (χ2v) is 7.29. The highest BCUT2D eigenvalue weighted by Crippen LogP contribution is 2.35. The van der Waals surface area contributed by atoms with Crippen LogP contribution < -0.4 is 9.64 Å². The number of hydrogen-bond donors (Lipinski definition) is 0. The first-order valence-corrected chi connectivity index (χ1v) is 10.3. The van der Waals surface area contributed by atoms with Crippen LogP contribution in [0.15, 0.2) is 54.9 Å². The van der Waals surface area contributed by atoms with Gasteiger partial charge in [-0.3, -0.25) is 19.4 Å². The summed E-state index contributed by atoms with van der Waals surface area (Å²) in [7, 11) is 0. The first-order valence-electron chi connectivity index (χ1n) is 9.47. The molecule has 4 aromatic rings. The van der Waals surface area contributed by atoms with Crippen LogP contribution in [0.25, 0.3) is 10.2 Å². The maximum absolute atomic E-state index is 13.5. The summed E-state index contributed by atoms with van der Waals surface area (Å²) in [6, 6.07) is 13.2. The van der Waals surface area contributed by atoms with Crippen molar-refractivity contribution in [3.63, 3.8) is 0 Å². The van der Waals surface area contributed by atoms with Gasteiger partial charge in [-0.1, -0.05) is 23.5 Å². The van der Waals surface area contributed by atoms with Crippen molar-refractivity contribution in [1.82, 2.24) is 19.7 Å². The molecule has 29 heavy (non-hydrogen) atoms. The lowest BCUT2D eigenvalue weighted by atomic mass is 10.3. The SMILES string of the molecule is CCOc1cccc2sc(N(Cc3ccccn3)C(=O)c3ccnn3CC)nc12. The molecule has 3 aromatic heterocycles. The number of anilines is 1. The molecule has 0 N–H and O–H groups in total. The number of aryl methyl sites for hydroxylation is 1. The van der Waals surface area contributed by atoms with Gasteiger partial charge in [-0.2, -0.15) is 5.10 Å². The van der Waals surface area contributed by atoms with Crippen molar-refractivity contribution in [1.29, 1.82) is 0 Å². The quantitative estimate of drug-likeness (QED) is 0.460. The number of ether oxygens (including phenoxy) is 1. The van der Waals surface area contributed by atoms with Gasteiger partial charge in [-0.05, 0) is 44.2 Å². The monoisotopic (exact) mass is 407 g/mol. The lowest BCUT2D eigenvalue weighted by molar-refractivity contribution is 0.0974. The Morgan fingerprint density at radius 3 is 2.79 bits per heavy atom. The van der Waals surface area contributed by atoms with Crippen LogP contribution in [0.2, 0.25) is 0 Å². The Kier molecular flexibility index (Phi) is 5.53. The van der Waals surface area contributed by atoms with E-state index >= 15 is 0 Å². The highest BCUT2D eigenvalue weighted by Gasteiger charge is 2.25. The van der Waals surface area contributed by atoms with Crippen molar-refractivity contribution in [3.05, 3.63) is 66.2 Å². The smallest absolute Gasteiger partial charge is 0.278 e. The predicted octanol–water partition coefficient (Wildman–Crippen LogP) is 4.15. The molecule has 0 radical (unpaired) electrons. The van der Waals surface area contributed by atoms with E-state index in [-0.39, 0.29) is 5.91 Å². The molecule has 1 amide bonds. The van der Waals surface area contributed by atoms with Crippen molar-refractivity contribution in [2.45, 2.75) is 26.9 Å². The third kappa shape index (κ3) is 3.84. The van der Waals surface area contributed by atoms with E-state index in [9.17, 15) is 4.79 Å². The van der Waals surface area contributed by atoms with Crippen LogP contribution in [0.4, 0.5) is 5.13 Å². The maximum atomic E-state index is 13.5. The molecular weight excluding hydrogens is 386 g/mol. The van der Waals surface area contributed by atoms with E-state index < -0.39 is 0 Å². The van der Waals surface area contributed by atoms with E-state index in [1.54, 1.807) is 28.0 Å². The van der Waals surface area contributed by atoms with E-state index in [2.05, 4.69) is 10.1 Å². The Morgan fingerprint density at radius 2 is 2.03 bits per heavy atom. The Hall–Kier alpha value is -3.26. The number of hydrogen-bond acceptors (Lipinski definition) is 6. The molecule has 0 saturated heterocycles. The Balaban J connectivity index is 1.78. The van der Waals surface area contributed by atoms with E-state index in [0.717, 1.165) is 21.7 Å². The highest BCUT2D eigenvalue weighted by atomic mass is 32.1. The molecule has 4 rings (SSSR count). The zero-order valence-electron chi connectivity index (χ0n) is 16.3. The fraction of sp³-hybridized carbons (Fsp3) is 0.238. The molecule has 1 aromatic carbocycles. The number of thiazole rings is 1. The molecule has 0 spiro atoms. The summed E-state index contributed by atoms with van der Waals surface area (Å²) in [5, 5.41) is 4.84. The van der Waals surface area contributed by atoms with E-state index in [4.69, 9.17) is 9.72 Å². The van der Waals surface area contributed by atoms with Gasteiger partial charge in [0.05, 0.1) is 23.5 Å². The molecule has 0 fully saturated rings. The molecule has 0 unspecified atom stereocenters. The molecule has 0 aliphatic carbocycles. The van der Waals surface area contributed by atoms with Crippen LogP contribution >= 0.6 is 11.3 Å². The lowest BCUT2D eigenvalue weighted by Gasteiger charge is -2.19. The van der Waals surface area contributed by atoms with Gasteiger partial charge in [-0.15, -0.1) is 0 Å². The molecule has 0 atom stereocenters. The zero-order valence-corrected chi connectivity index (χ0v) is 17.1. The van der Waals surface area contributed by atoms with Crippen molar-refractivity contribution in [3.8, 4) is 5.75 Å². The number of amides is 1. The fourth-order valence-corrected chi connectivity index (χ4v) is 4.06. The van der Waals surface area contributed by atoms with Gasteiger partial charge in [-0.25, -0.2) is 4.98 Å². The minimum Gasteiger partial charge on any atom is -0.492 e. The fourth-order valence-electron chi connectivity index (χ4n) is 3.08. The number of fused-ring (bicyclic) bond motifs is 1. The number of para-hydroxylation sites is 1. The van der Waals surface area contributed by atoms with Gasteiger partial charge >= 0.3 is 0 Å². The van der Waals surface area contributed by atoms with Crippen LogP contribution in [-0.2, 0) is 13.1 Å². The minimum atomic E-state index is -0.160. The molecular formula is C21H21N5O2S. The minimum absolute atomic E-state index is 0.160. The summed E-state index contributed by atoms with van der Waals surface area (Å²) < 4.78 is 8.37. The van der Waals surface area contributed by atoms with Crippen molar-refractivity contribution in [2.75, 3.05) is 11.5 Å². The Bertz CT molecular complexity index is 1120. The summed E-state index contributed by atoms with van der Waals surface area (Å²) in [5.74, 6) is 0.559. The van der Waals surface area contributed by atoms with Gasteiger partial charge in [0.25, 0.3) is 5.91 Å². The number of aromatic nitrogens is 4. The predicted molar refractivity (Wildman–Crippen MR) is 113 cm³/mol. The van der Waals surface area contributed by atoms with E-state index in [1.165, 1.54) is 11.3 Å². The maximum Gasteiger partial charge on any atom is 0.278 e. The summed E-state index contributed by atoms with van der Waals surface area (Å²) in [5.41, 5.74) is 2.07. The topological polar surface area (TPSA) is 73.1 Å². The molecule has 0 aliphatic rings. The van der Waals surface area contributed by atoms with Crippen LogP contribution in [0, 0.1) is 0 Å². The molecule has 0 aliphatic heterocycles. The molecule has 148 valence electrons. The van der Waals surface area contributed by atoms with Crippen molar-refractivity contribution in [2.24, 2.45) is 0 Å². The molecule has 0 saturated carbocycles. The average molecular weight is 407 g/mol. The third-order valence-corrected chi connectivity index (χ3v) is 5.47. The largest absolute Gasteiger partial charge is 0.492 e. The van der Waals surface area contributed by atoms with E-state index in [0.29, 0.717) is 30.5 Å². The highest BCUT2D eigenvalue weighted by molar-refractivity contribution is 7.22. The second-order valence-electron chi connectivity index (χ2n) is 6.28. The normalized spacial score (nSPS) is 11.0. The summed E-state index contributed by atoms with van der Waals surface area (Å²) in [4.78, 5) is 24.3. The standard InChI is InChI=1S/C21H21N5O2S/c1-3-26-16(11-13-23-26)20(27)25(14-15-8-5-6-12-22-15)21-24-19-17(28-4-2)9-7-10-18(19)29-21/h5-13H,3-4,14H2,1-2H3. The molecule has 8 heteroatoms. The first kappa shape index (κ1) is 19.1. The van der Waals surface area contributed by atoms with Crippen LogP contribution in [0.5, 0.6) is 5.75 Å². The van der Waals surface area contributed by atoms with Gasteiger partial charge in [0.2, 0.25) is 0 Å². The third-order valence-electron chi connectivity index (χ3n) is 4.43. The second kappa shape index (κ2) is 8.40. The Morgan fingerprint density at radius 1 is 1.14 bits per heavy atom. The number of rotatable bonds is 7. The number of carbonyl (C=O) groups excluding carboxylic acids is 1. The van der Waals surface area contributed by atoms with Gasteiger partial charge < -0.3 is 4.74 Å². The number of carbonyl (C=O) groups is 1. The van der Waals surface area contributed by atoms with E-state index in [1.807, 2.05) is 50.2 Å². The summed E-state index contributed by atoms with van der Waals surface area (Å²) >= 11 is 1.46. The number of benzene rings is 1. The number of pyridine rings is 1. The molecule has 0 bridgehead atoms. The summed E-state index contributed by atoms with van der Waals surface area (Å²) in [6.07, 6.45) is 3.36. The molecule has 7 nitrogen and oxygen atoms in total. The van der Waals surface area contributed by atoms with Gasteiger partial charge in [0.15, 0.2) is 5.13 Å². The van der Waals surface area contributed by atoms with Crippen LogP contribution in [-0.4, -0.2) is 32.3 Å². The van der Waals surface area contributed by atoms with Crippen molar-refractivity contribution < 1.29 is 9.53 Å². The lowest BCUT2D eigenvalue weighted by Crippen LogP contribution is -2.32. The molecule has 3 heterocycles. The average Bonchev–Trinajstić information content (AvgIpc) is 3.40.